The van der Waals surface area contributed by atoms with Gasteiger partial charge in [0, 0.05) is 43.3 Å². The maximum atomic E-state index is 13.4. The Kier molecular flexibility index (Phi) is 4.16. The van der Waals surface area contributed by atoms with Crippen molar-refractivity contribution in [2.45, 2.75) is 38.1 Å². The Bertz CT molecular complexity index is 850. The third-order valence-corrected chi connectivity index (χ3v) is 6.38. The Balaban J connectivity index is 1.50. The van der Waals surface area contributed by atoms with Gasteiger partial charge in [0.1, 0.15) is 5.75 Å². The molecule has 3 saturated heterocycles. The maximum Gasteiger partial charge on any atom is 0.345 e. The number of methoxy groups -OCH3 is 1. The van der Waals surface area contributed by atoms with Gasteiger partial charge in [-0.25, -0.2) is 4.79 Å². The number of nitrogens with zero attached hydrogens (tertiary/aromatic N) is 4. The molecule has 6 rings (SSSR count). The lowest BCUT2D eigenvalue weighted by molar-refractivity contribution is 0.168. The van der Waals surface area contributed by atoms with Gasteiger partial charge in [-0.15, -0.1) is 0 Å². The van der Waals surface area contributed by atoms with Crippen molar-refractivity contribution in [1.29, 1.82) is 0 Å². The normalized spacial score (nSPS) is 24.0. The van der Waals surface area contributed by atoms with E-state index in [2.05, 4.69) is 9.80 Å². The monoisotopic (exact) mass is 366 g/mol. The molecule has 0 spiro atoms. The number of carbonyl (C=O) groups excluding carboxylic acids is 1. The molecule has 142 valence electrons. The van der Waals surface area contributed by atoms with E-state index in [1.165, 1.54) is 5.56 Å². The number of hydrogen-bond acceptors (Lipinski definition) is 4. The van der Waals surface area contributed by atoms with Crippen molar-refractivity contribution in [2.75, 3.05) is 33.3 Å². The van der Waals surface area contributed by atoms with E-state index in [0.29, 0.717) is 6.04 Å². The molecule has 0 unspecified atom stereocenters. The average Bonchev–Trinajstić information content (AvgIpc) is 3.19. The second-order valence-corrected chi connectivity index (χ2v) is 7.82. The first-order valence-electron chi connectivity index (χ1n) is 10.0. The predicted octanol–water partition coefficient (Wildman–Crippen LogP) is 2.80. The Morgan fingerprint density at radius 1 is 1.07 bits per heavy atom. The summed E-state index contributed by atoms with van der Waals surface area (Å²) < 4.78 is 6.99. The summed E-state index contributed by atoms with van der Waals surface area (Å²) in [7, 11) is 1.67. The van der Waals surface area contributed by atoms with Crippen LogP contribution in [0.15, 0.2) is 24.3 Å². The van der Waals surface area contributed by atoms with Crippen molar-refractivity contribution in [2.24, 2.45) is 0 Å². The third kappa shape index (κ3) is 2.83. The van der Waals surface area contributed by atoms with Gasteiger partial charge in [-0.1, -0.05) is 0 Å². The van der Waals surface area contributed by atoms with Crippen LogP contribution in [0.25, 0.3) is 11.3 Å². The van der Waals surface area contributed by atoms with Crippen molar-refractivity contribution in [3.8, 4) is 17.0 Å². The lowest BCUT2D eigenvalue weighted by Crippen LogP contribution is -2.44. The van der Waals surface area contributed by atoms with Gasteiger partial charge in [0.15, 0.2) is 0 Å². The Hall–Kier alpha value is -2.34. The van der Waals surface area contributed by atoms with E-state index >= 15 is 0 Å². The molecular weight excluding hydrogens is 340 g/mol. The minimum absolute atomic E-state index is 0.0710. The zero-order valence-corrected chi connectivity index (χ0v) is 15.9. The molecule has 3 aliphatic heterocycles. The molecule has 0 atom stereocenters. The fraction of sp³-hybridized carbons (Fsp3) is 0.524. The molecule has 2 bridgehead atoms. The van der Waals surface area contributed by atoms with Crippen LogP contribution in [0.2, 0.25) is 0 Å². The number of amides is 1. The van der Waals surface area contributed by atoms with Crippen LogP contribution in [0, 0.1) is 0 Å². The van der Waals surface area contributed by atoms with Gasteiger partial charge in [0.2, 0.25) is 0 Å². The Labute approximate surface area is 159 Å². The number of carbonyl (C=O) groups is 1. The van der Waals surface area contributed by atoms with Crippen LogP contribution in [0.1, 0.15) is 30.5 Å². The maximum absolute atomic E-state index is 13.4. The summed E-state index contributed by atoms with van der Waals surface area (Å²) in [5.41, 5.74) is 4.38. The molecule has 6 nitrogen and oxygen atoms in total. The Morgan fingerprint density at radius 3 is 2.59 bits per heavy atom. The highest BCUT2D eigenvalue weighted by atomic mass is 16.5. The highest BCUT2D eigenvalue weighted by Gasteiger charge is 2.35. The molecule has 1 aromatic heterocycles. The smallest absolute Gasteiger partial charge is 0.345 e. The van der Waals surface area contributed by atoms with Gasteiger partial charge < -0.3 is 14.5 Å². The molecule has 0 radical (unpaired) electrons. The summed E-state index contributed by atoms with van der Waals surface area (Å²) in [6, 6.07) is 8.42. The molecule has 2 aromatic rings. The minimum Gasteiger partial charge on any atom is -0.497 e. The van der Waals surface area contributed by atoms with Crippen molar-refractivity contribution >= 4 is 6.03 Å². The van der Waals surface area contributed by atoms with E-state index in [1.807, 2.05) is 24.3 Å². The lowest BCUT2D eigenvalue weighted by atomic mass is 10.1. The van der Waals surface area contributed by atoms with Crippen molar-refractivity contribution in [3.05, 3.63) is 35.5 Å². The minimum atomic E-state index is 0.0710. The van der Waals surface area contributed by atoms with Crippen molar-refractivity contribution in [1.82, 2.24) is 19.6 Å². The summed E-state index contributed by atoms with van der Waals surface area (Å²) in [5.74, 6) is 0.834. The van der Waals surface area contributed by atoms with E-state index in [1.54, 1.807) is 11.8 Å². The van der Waals surface area contributed by atoms with E-state index in [4.69, 9.17) is 9.84 Å². The lowest BCUT2D eigenvalue weighted by Gasteiger charge is -2.31. The van der Waals surface area contributed by atoms with Crippen LogP contribution in [0.5, 0.6) is 5.75 Å². The number of benzene rings is 1. The second kappa shape index (κ2) is 6.68. The average molecular weight is 366 g/mol. The van der Waals surface area contributed by atoms with Crippen molar-refractivity contribution in [3.63, 3.8) is 0 Å². The molecule has 1 amide bonds. The number of fused-ring (bicyclic) bond motifs is 5. The molecule has 4 heterocycles. The van der Waals surface area contributed by atoms with E-state index in [0.717, 1.165) is 81.0 Å². The van der Waals surface area contributed by atoms with Crippen LogP contribution in [-0.4, -0.2) is 64.9 Å². The van der Waals surface area contributed by atoms with Gasteiger partial charge >= 0.3 is 6.03 Å². The van der Waals surface area contributed by atoms with Crippen LogP contribution < -0.4 is 4.74 Å². The molecule has 1 aliphatic carbocycles. The summed E-state index contributed by atoms with van der Waals surface area (Å²) >= 11 is 0. The van der Waals surface area contributed by atoms with E-state index in [-0.39, 0.29) is 6.03 Å². The van der Waals surface area contributed by atoms with E-state index in [9.17, 15) is 4.79 Å². The molecule has 1 aromatic carbocycles. The highest BCUT2D eigenvalue weighted by Crippen LogP contribution is 2.33. The number of hydrogen-bond donors (Lipinski definition) is 0. The largest absolute Gasteiger partial charge is 0.497 e. The summed E-state index contributed by atoms with van der Waals surface area (Å²) in [4.78, 5) is 18.0. The first-order chi connectivity index (χ1) is 13.2. The molecule has 27 heavy (non-hydrogen) atoms. The first-order valence-corrected chi connectivity index (χ1v) is 10.0. The standard InChI is InChI=1S/C21H26N4O2/c1-27-17-7-5-15(6-8-17)20-18-3-2-4-19(18)25(22-20)21(26)24-14-13-23-11-9-16(24)10-12-23/h5-8,16H,2-4,9-14H2,1H3. The van der Waals surface area contributed by atoms with Gasteiger partial charge in [0.25, 0.3) is 0 Å². The molecule has 4 aliphatic rings. The highest BCUT2D eigenvalue weighted by molar-refractivity contribution is 5.80. The molecule has 0 saturated carbocycles. The van der Waals surface area contributed by atoms with Crippen LogP contribution in [0.4, 0.5) is 4.79 Å². The summed E-state index contributed by atoms with van der Waals surface area (Å²) in [6.45, 7) is 4.03. The number of piperidine rings is 1. The third-order valence-electron chi connectivity index (χ3n) is 6.38. The zero-order chi connectivity index (χ0) is 18.4. The fourth-order valence-electron chi connectivity index (χ4n) is 4.84. The molecule has 6 heteroatoms. The predicted molar refractivity (Wildman–Crippen MR) is 103 cm³/mol. The number of aromatic nitrogens is 2. The molecular formula is C21H26N4O2. The van der Waals surface area contributed by atoms with Gasteiger partial charge in [-0.2, -0.15) is 9.78 Å². The van der Waals surface area contributed by atoms with Gasteiger partial charge in [-0.05, 0) is 56.4 Å². The Morgan fingerprint density at radius 2 is 1.85 bits per heavy atom. The summed E-state index contributed by atoms with van der Waals surface area (Å²) in [5, 5.41) is 4.82. The van der Waals surface area contributed by atoms with Gasteiger partial charge in [-0.3, -0.25) is 0 Å². The topological polar surface area (TPSA) is 50.6 Å². The van der Waals surface area contributed by atoms with Crippen LogP contribution >= 0.6 is 0 Å². The van der Waals surface area contributed by atoms with Crippen molar-refractivity contribution < 1.29 is 9.53 Å². The van der Waals surface area contributed by atoms with Crippen LogP contribution in [-0.2, 0) is 12.8 Å². The molecule has 0 N–H and O–H groups in total. The SMILES string of the molecule is COc1ccc(-c2nn(C(=O)N3CCN4CCC3CC4)c3c2CCC3)cc1. The molecule has 3 fully saturated rings. The quantitative estimate of drug-likeness (QED) is 0.820. The van der Waals surface area contributed by atoms with Gasteiger partial charge in [0.05, 0.1) is 18.5 Å². The second-order valence-electron chi connectivity index (χ2n) is 7.82. The number of ether oxygens (including phenoxy) is 1. The zero-order valence-electron chi connectivity index (χ0n) is 15.9. The van der Waals surface area contributed by atoms with Crippen LogP contribution in [0.3, 0.4) is 0 Å². The van der Waals surface area contributed by atoms with E-state index < -0.39 is 0 Å². The first kappa shape index (κ1) is 16.8. The summed E-state index contributed by atoms with van der Waals surface area (Å²) in [6.07, 6.45) is 5.21. The fourth-order valence-corrected chi connectivity index (χ4v) is 4.84. The number of rotatable bonds is 2.